The van der Waals surface area contributed by atoms with Gasteiger partial charge in [-0.2, -0.15) is 0 Å². The van der Waals surface area contributed by atoms with Gasteiger partial charge in [0.05, 0.1) is 0 Å². The van der Waals surface area contributed by atoms with E-state index in [2.05, 4.69) is 27.1 Å². The summed E-state index contributed by atoms with van der Waals surface area (Å²) in [7, 11) is 0. The summed E-state index contributed by atoms with van der Waals surface area (Å²) >= 11 is 0. The summed E-state index contributed by atoms with van der Waals surface area (Å²) in [5.74, 6) is 1.21. The summed E-state index contributed by atoms with van der Waals surface area (Å²) in [6.45, 7) is 7.86. The monoisotopic (exact) mass is 457 g/mol. The highest BCUT2D eigenvalue weighted by Crippen LogP contribution is 2.12. The molecule has 1 amide bonds. The standard InChI is InChI=1S/C21H31N5O2.2ClH/c1-3-18-23-10-13-25(18)11-5-9-24-20(27)19-16(2)7-12-26(21(19)28)15-17-6-4-8-22-14-17;;/h7,10,12-13,17,22H,3-6,8-9,11,14-15H2,1-2H3,(H,24,27);2*1H. The van der Waals surface area contributed by atoms with Crippen LogP contribution in [0.2, 0.25) is 0 Å². The minimum absolute atomic E-state index is 0. The molecule has 168 valence electrons. The second kappa shape index (κ2) is 12.8. The molecule has 0 saturated carbocycles. The van der Waals surface area contributed by atoms with Gasteiger partial charge in [0.15, 0.2) is 0 Å². The first-order valence-electron chi connectivity index (χ1n) is 10.3. The molecule has 0 radical (unpaired) electrons. The van der Waals surface area contributed by atoms with Crippen LogP contribution >= 0.6 is 24.8 Å². The largest absolute Gasteiger partial charge is 0.352 e. The molecule has 2 N–H and O–H groups in total. The maximum atomic E-state index is 12.9. The molecular formula is C21H33Cl2N5O2. The lowest BCUT2D eigenvalue weighted by Crippen LogP contribution is -2.38. The molecular weight excluding hydrogens is 425 g/mol. The molecule has 1 aliphatic heterocycles. The van der Waals surface area contributed by atoms with E-state index in [0.717, 1.165) is 56.7 Å². The third-order valence-electron chi connectivity index (χ3n) is 5.43. The van der Waals surface area contributed by atoms with E-state index < -0.39 is 0 Å². The number of halogens is 2. The van der Waals surface area contributed by atoms with E-state index in [1.807, 2.05) is 25.4 Å². The van der Waals surface area contributed by atoms with E-state index in [4.69, 9.17) is 0 Å². The number of amides is 1. The maximum Gasteiger partial charge on any atom is 0.263 e. The third kappa shape index (κ3) is 6.59. The predicted octanol–water partition coefficient (Wildman–Crippen LogP) is 2.58. The molecule has 2 aromatic heterocycles. The second-order valence-electron chi connectivity index (χ2n) is 7.54. The van der Waals surface area contributed by atoms with Crippen molar-refractivity contribution in [2.24, 2.45) is 5.92 Å². The SMILES string of the molecule is CCc1nccn1CCCNC(=O)c1c(C)ccn(CC2CCCNC2)c1=O.Cl.Cl. The van der Waals surface area contributed by atoms with Crippen LogP contribution in [0, 0.1) is 12.8 Å². The van der Waals surface area contributed by atoms with Crippen LogP contribution in [0.4, 0.5) is 0 Å². The molecule has 1 aliphatic rings. The van der Waals surface area contributed by atoms with Crippen LogP contribution in [-0.4, -0.2) is 39.7 Å². The van der Waals surface area contributed by atoms with Gasteiger partial charge in [0.2, 0.25) is 0 Å². The summed E-state index contributed by atoms with van der Waals surface area (Å²) in [6, 6.07) is 1.87. The predicted molar refractivity (Wildman–Crippen MR) is 124 cm³/mol. The van der Waals surface area contributed by atoms with Gasteiger partial charge in [0.25, 0.3) is 11.5 Å². The topological polar surface area (TPSA) is 81.0 Å². The normalized spacial score (nSPS) is 15.7. The average molecular weight is 458 g/mol. The summed E-state index contributed by atoms with van der Waals surface area (Å²) in [5, 5.41) is 6.29. The molecule has 0 bridgehead atoms. The van der Waals surface area contributed by atoms with Crippen LogP contribution < -0.4 is 16.2 Å². The number of rotatable bonds is 8. The number of imidazole rings is 1. The Kier molecular flexibility index (Phi) is 11.2. The summed E-state index contributed by atoms with van der Waals surface area (Å²) < 4.78 is 3.80. The highest BCUT2D eigenvalue weighted by Gasteiger charge is 2.18. The van der Waals surface area contributed by atoms with Gasteiger partial charge in [0.1, 0.15) is 11.4 Å². The van der Waals surface area contributed by atoms with Gasteiger partial charge in [0, 0.05) is 44.6 Å². The number of pyridine rings is 1. The summed E-state index contributed by atoms with van der Waals surface area (Å²) in [5.41, 5.74) is 0.803. The Bertz CT molecular complexity index is 859. The maximum absolute atomic E-state index is 12.9. The fourth-order valence-corrected chi connectivity index (χ4v) is 3.84. The zero-order valence-corrected chi connectivity index (χ0v) is 19.4. The first-order chi connectivity index (χ1) is 13.6. The summed E-state index contributed by atoms with van der Waals surface area (Å²) in [6.07, 6.45) is 9.50. The Hall–Kier alpha value is -1.83. The lowest BCUT2D eigenvalue weighted by Gasteiger charge is -2.23. The third-order valence-corrected chi connectivity index (χ3v) is 5.43. The van der Waals surface area contributed by atoms with Gasteiger partial charge in [-0.05, 0) is 56.8 Å². The first kappa shape index (κ1) is 26.2. The van der Waals surface area contributed by atoms with Gasteiger partial charge >= 0.3 is 0 Å². The molecule has 7 nitrogen and oxygen atoms in total. The molecule has 1 atom stereocenters. The number of nitrogens with one attached hydrogen (secondary N) is 2. The molecule has 0 spiro atoms. The molecule has 0 aliphatic carbocycles. The zero-order valence-electron chi connectivity index (χ0n) is 17.7. The number of carbonyl (C=O) groups is 1. The number of aryl methyl sites for hydroxylation is 3. The van der Waals surface area contributed by atoms with Crippen LogP contribution in [0.3, 0.4) is 0 Å². The van der Waals surface area contributed by atoms with Crippen molar-refractivity contribution in [1.82, 2.24) is 24.8 Å². The molecule has 1 unspecified atom stereocenters. The van der Waals surface area contributed by atoms with Gasteiger partial charge in [-0.1, -0.05) is 6.92 Å². The van der Waals surface area contributed by atoms with Crippen molar-refractivity contribution < 1.29 is 4.79 Å². The fourth-order valence-electron chi connectivity index (χ4n) is 3.84. The number of piperidine rings is 1. The van der Waals surface area contributed by atoms with Gasteiger partial charge in [-0.3, -0.25) is 9.59 Å². The van der Waals surface area contributed by atoms with Crippen molar-refractivity contribution in [2.45, 2.75) is 52.6 Å². The lowest BCUT2D eigenvalue weighted by molar-refractivity contribution is 0.0949. The van der Waals surface area contributed by atoms with Gasteiger partial charge < -0.3 is 19.8 Å². The van der Waals surface area contributed by atoms with Crippen LogP contribution in [-0.2, 0) is 19.5 Å². The summed E-state index contributed by atoms with van der Waals surface area (Å²) in [4.78, 5) is 29.8. The Morgan fingerprint density at radius 2 is 2.10 bits per heavy atom. The van der Waals surface area contributed by atoms with Crippen LogP contribution in [0.25, 0.3) is 0 Å². The van der Waals surface area contributed by atoms with Crippen LogP contribution in [0.1, 0.15) is 47.9 Å². The van der Waals surface area contributed by atoms with Gasteiger partial charge in [-0.25, -0.2) is 4.98 Å². The minimum Gasteiger partial charge on any atom is -0.352 e. The quantitative estimate of drug-likeness (QED) is 0.596. The van der Waals surface area contributed by atoms with E-state index in [1.54, 1.807) is 10.8 Å². The molecule has 2 aromatic rings. The fraction of sp³-hybridized carbons (Fsp3) is 0.571. The minimum atomic E-state index is -0.278. The van der Waals surface area contributed by atoms with Crippen LogP contribution in [0.15, 0.2) is 29.5 Å². The molecule has 9 heteroatoms. The molecule has 1 fully saturated rings. The number of hydrogen-bond donors (Lipinski definition) is 2. The Morgan fingerprint density at radius 3 is 2.80 bits per heavy atom. The van der Waals surface area contributed by atoms with E-state index in [-0.39, 0.29) is 41.8 Å². The van der Waals surface area contributed by atoms with E-state index in [0.29, 0.717) is 19.0 Å². The molecule has 3 heterocycles. The van der Waals surface area contributed by atoms with Crippen molar-refractivity contribution in [3.8, 4) is 0 Å². The second-order valence-corrected chi connectivity index (χ2v) is 7.54. The average Bonchev–Trinajstić information content (AvgIpc) is 3.16. The van der Waals surface area contributed by atoms with Crippen molar-refractivity contribution in [2.75, 3.05) is 19.6 Å². The van der Waals surface area contributed by atoms with Crippen molar-refractivity contribution in [3.63, 3.8) is 0 Å². The van der Waals surface area contributed by atoms with Crippen molar-refractivity contribution in [1.29, 1.82) is 0 Å². The number of aromatic nitrogens is 3. The van der Waals surface area contributed by atoms with Crippen molar-refractivity contribution >= 4 is 30.7 Å². The van der Waals surface area contributed by atoms with Gasteiger partial charge in [-0.15, -0.1) is 24.8 Å². The number of nitrogens with zero attached hydrogens (tertiary/aromatic N) is 3. The lowest BCUT2D eigenvalue weighted by atomic mass is 9.99. The zero-order chi connectivity index (χ0) is 19.9. The Labute approximate surface area is 190 Å². The highest BCUT2D eigenvalue weighted by atomic mass is 35.5. The smallest absolute Gasteiger partial charge is 0.263 e. The van der Waals surface area contributed by atoms with Crippen LogP contribution in [0.5, 0.6) is 0 Å². The molecule has 30 heavy (non-hydrogen) atoms. The molecule has 1 saturated heterocycles. The number of hydrogen-bond acceptors (Lipinski definition) is 4. The first-order valence-corrected chi connectivity index (χ1v) is 10.3. The van der Waals surface area contributed by atoms with Crippen molar-refractivity contribution in [3.05, 3.63) is 52.0 Å². The van der Waals surface area contributed by atoms with E-state index in [9.17, 15) is 9.59 Å². The highest BCUT2D eigenvalue weighted by molar-refractivity contribution is 5.95. The van der Waals surface area contributed by atoms with E-state index >= 15 is 0 Å². The Balaban J connectivity index is 0.00000225. The molecule has 0 aromatic carbocycles. The number of carbonyl (C=O) groups excluding carboxylic acids is 1. The Morgan fingerprint density at radius 1 is 1.30 bits per heavy atom. The molecule has 3 rings (SSSR count). The van der Waals surface area contributed by atoms with E-state index in [1.165, 1.54) is 0 Å².